The highest BCUT2D eigenvalue weighted by molar-refractivity contribution is 6.33. The van der Waals surface area contributed by atoms with E-state index in [1.54, 1.807) is 19.2 Å². The zero-order valence-electron chi connectivity index (χ0n) is 10.5. The third-order valence-electron chi connectivity index (χ3n) is 2.72. The fourth-order valence-corrected chi connectivity index (χ4v) is 1.96. The van der Waals surface area contributed by atoms with Crippen molar-refractivity contribution in [2.24, 2.45) is 5.73 Å². The summed E-state index contributed by atoms with van der Waals surface area (Å²) in [5.41, 5.74) is 7.13. The van der Waals surface area contributed by atoms with E-state index < -0.39 is 5.54 Å². The maximum Gasteiger partial charge on any atom is 0.126 e. The number of aromatic amines is 1. The minimum absolute atomic E-state index is 0.294. The first-order valence-electron chi connectivity index (χ1n) is 5.59. The van der Waals surface area contributed by atoms with Gasteiger partial charge in [-0.25, -0.2) is 9.37 Å². The van der Waals surface area contributed by atoms with Gasteiger partial charge in [-0.2, -0.15) is 0 Å². The maximum atomic E-state index is 13.6. The standard InChI is InChI=1S/C13H15ClFN3/c1-7-4-9(14)8(5-10(7)15)11-6-17-12(18-11)13(2,3)16/h4-6H,16H2,1-3H3,(H,17,18). The van der Waals surface area contributed by atoms with E-state index in [-0.39, 0.29) is 5.82 Å². The first-order chi connectivity index (χ1) is 8.29. The predicted molar refractivity (Wildman–Crippen MR) is 70.9 cm³/mol. The van der Waals surface area contributed by atoms with Crippen LogP contribution >= 0.6 is 11.6 Å². The number of aryl methyl sites for hydroxylation is 1. The van der Waals surface area contributed by atoms with Crippen molar-refractivity contribution < 1.29 is 4.39 Å². The van der Waals surface area contributed by atoms with E-state index in [1.165, 1.54) is 6.07 Å². The number of hydrogen-bond donors (Lipinski definition) is 2. The lowest BCUT2D eigenvalue weighted by molar-refractivity contribution is 0.520. The molecule has 0 atom stereocenters. The van der Waals surface area contributed by atoms with Crippen molar-refractivity contribution in [1.82, 2.24) is 9.97 Å². The van der Waals surface area contributed by atoms with E-state index in [4.69, 9.17) is 17.3 Å². The monoisotopic (exact) mass is 267 g/mol. The molecule has 0 amide bonds. The van der Waals surface area contributed by atoms with Crippen molar-refractivity contribution in [3.63, 3.8) is 0 Å². The number of H-pyrrole nitrogens is 1. The van der Waals surface area contributed by atoms with Crippen molar-refractivity contribution in [2.45, 2.75) is 26.3 Å². The zero-order chi connectivity index (χ0) is 13.5. The first-order valence-corrected chi connectivity index (χ1v) is 5.97. The van der Waals surface area contributed by atoms with E-state index in [2.05, 4.69) is 9.97 Å². The second kappa shape index (κ2) is 4.37. The van der Waals surface area contributed by atoms with Gasteiger partial charge in [-0.1, -0.05) is 11.6 Å². The summed E-state index contributed by atoms with van der Waals surface area (Å²) >= 11 is 6.11. The van der Waals surface area contributed by atoms with Crippen LogP contribution in [0.5, 0.6) is 0 Å². The molecule has 18 heavy (non-hydrogen) atoms. The second-order valence-electron chi connectivity index (χ2n) is 4.95. The molecule has 0 saturated heterocycles. The highest BCUT2D eigenvalue weighted by Crippen LogP contribution is 2.30. The minimum atomic E-state index is -0.575. The summed E-state index contributed by atoms with van der Waals surface area (Å²) in [6, 6.07) is 3.00. The summed E-state index contributed by atoms with van der Waals surface area (Å²) in [4.78, 5) is 7.27. The smallest absolute Gasteiger partial charge is 0.126 e. The predicted octanol–water partition coefficient (Wildman–Crippen LogP) is 3.37. The van der Waals surface area contributed by atoms with Crippen LogP contribution < -0.4 is 5.73 Å². The van der Waals surface area contributed by atoms with Crippen LogP contribution in [0, 0.1) is 12.7 Å². The number of halogens is 2. The Labute approximate surface area is 110 Å². The van der Waals surface area contributed by atoms with Crippen LogP contribution in [0.2, 0.25) is 5.02 Å². The van der Waals surface area contributed by atoms with Crippen LogP contribution in [0.1, 0.15) is 25.2 Å². The molecule has 0 aliphatic rings. The Hall–Kier alpha value is -1.39. The molecule has 1 aromatic heterocycles. The van der Waals surface area contributed by atoms with Crippen LogP contribution in [0.3, 0.4) is 0 Å². The second-order valence-corrected chi connectivity index (χ2v) is 5.36. The third-order valence-corrected chi connectivity index (χ3v) is 3.04. The van der Waals surface area contributed by atoms with Crippen molar-refractivity contribution in [3.05, 3.63) is 40.6 Å². The zero-order valence-corrected chi connectivity index (χ0v) is 11.3. The molecule has 3 nitrogen and oxygen atoms in total. The topological polar surface area (TPSA) is 54.7 Å². The Morgan fingerprint density at radius 2 is 2.06 bits per heavy atom. The van der Waals surface area contributed by atoms with Crippen LogP contribution in [0.25, 0.3) is 11.3 Å². The van der Waals surface area contributed by atoms with Gasteiger partial charge >= 0.3 is 0 Å². The molecular weight excluding hydrogens is 253 g/mol. The lowest BCUT2D eigenvalue weighted by atomic mass is 10.1. The summed E-state index contributed by atoms with van der Waals surface area (Å²) in [6.45, 7) is 5.35. The summed E-state index contributed by atoms with van der Waals surface area (Å²) in [6.07, 6.45) is 1.61. The van der Waals surface area contributed by atoms with Gasteiger partial charge in [0.2, 0.25) is 0 Å². The number of nitrogens with one attached hydrogen (secondary N) is 1. The molecule has 0 radical (unpaired) electrons. The van der Waals surface area contributed by atoms with Gasteiger partial charge in [0.1, 0.15) is 11.6 Å². The first kappa shape index (κ1) is 13.1. The summed E-state index contributed by atoms with van der Waals surface area (Å²) in [7, 11) is 0. The van der Waals surface area contributed by atoms with Crippen molar-refractivity contribution >= 4 is 11.6 Å². The number of hydrogen-bond acceptors (Lipinski definition) is 2. The highest BCUT2D eigenvalue weighted by Gasteiger charge is 2.19. The molecule has 5 heteroatoms. The molecule has 96 valence electrons. The van der Waals surface area contributed by atoms with E-state index >= 15 is 0 Å². The normalized spacial score (nSPS) is 11.9. The third kappa shape index (κ3) is 2.40. The Kier molecular flexibility index (Phi) is 3.17. The lowest BCUT2D eigenvalue weighted by Crippen LogP contribution is -2.30. The average molecular weight is 268 g/mol. The molecule has 0 fully saturated rings. The van der Waals surface area contributed by atoms with E-state index in [1.807, 2.05) is 13.8 Å². The lowest BCUT2D eigenvalue weighted by Gasteiger charge is -2.14. The average Bonchev–Trinajstić information content (AvgIpc) is 2.72. The summed E-state index contributed by atoms with van der Waals surface area (Å²) in [5.74, 6) is 0.340. The molecule has 0 bridgehead atoms. The molecule has 0 aliphatic carbocycles. The van der Waals surface area contributed by atoms with Crippen LogP contribution in [-0.2, 0) is 5.54 Å². The summed E-state index contributed by atoms with van der Waals surface area (Å²) < 4.78 is 13.6. The molecule has 0 saturated carbocycles. The largest absolute Gasteiger partial charge is 0.340 e. The van der Waals surface area contributed by atoms with Gasteiger partial charge in [0.15, 0.2) is 0 Å². The Morgan fingerprint density at radius 3 is 2.61 bits per heavy atom. The number of imidazole rings is 1. The Morgan fingerprint density at radius 1 is 1.39 bits per heavy atom. The van der Waals surface area contributed by atoms with Gasteiger partial charge < -0.3 is 10.7 Å². The number of aromatic nitrogens is 2. The number of rotatable bonds is 2. The highest BCUT2D eigenvalue weighted by atomic mass is 35.5. The molecule has 2 aromatic rings. The SMILES string of the molecule is Cc1cc(Cl)c(-c2cnc(C(C)(C)N)[nH]2)cc1F. The van der Waals surface area contributed by atoms with Gasteiger partial charge in [-0.05, 0) is 38.5 Å². The maximum absolute atomic E-state index is 13.6. The van der Waals surface area contributed by atoms with E-state index in [9.17, 15) is 4.39 Å². The van der Waals surface area contributed by atoms with Gasteiger partial charge in [-0.15, -0.1) is 0 Å². The Balaban J connectivity index is 2.50. The fraction of sp³-hybridized carbons (Fsp3) is 0.308. The minimum Gasteiger partial charge on any atom is -0.340 e. The van der Waals surface area contributed by atoms with Gasteiger partial charge in [0.25, 0.3) is 0 Å². The van der Waals surface area contributed by atoms with Gasteiger partial charge in [0.05, 0.1) is 22.5 Å². The van der Waals surface area contributed by atoms with Crippen molar-refractivity contribution in [1.29, 1.82) is 0 Å². The molecule has 0 aliphatic heterocycles. The fourth-order valence-electron chi connectivity index (χ4n) is 1.64. The molecular formula is C13H15ClFN3. The van der Waals surface area contributed by atoms with Crippen LogP contribution in [-0.4, -0.2) is 9.97 Å². The molecule has 0 unspecified atom stereocenters. The molecule has 1 heterocycles. The number of benzene rings is 1. The quantitative estimate of drug-likeness (QED) is 0.876. The molecule has 1 aromatic carbocycles. The van der Waals surface area contributed by atoms with Crippen molar-refractivity contribution in [3.8, 4) is 11.3 Å². The molecule has 2 rings (SSSR count). The molecule has 0 spiro atoms. The van der Waals surface area contributed by atoms with Crippen LogP contribution in [0.15, 0.2) is 18.3 Å². The number of nitrogens with two attached hydrogens (primary N) is 1. The van der Waals surface area contributed by atoms with E-state index in [0.29, 0.717) is 27.7 Å². The van der Waals surface area contributed by atoms with Crippen LogP contribution in [0.4, 0.5) is 4.39 Å². The van der Waals surface area contributed by atoms with Gasteiger partial charge in [-0.3, -0.25) is 0 Å². The number of nitrogens with zero attached hydrogens (tertiary/aromatic N) is 1. The summed E-state index contributed by atoms with van der Waals surface area (Å²) in [5, 5.41) is 0.485. The van der Waals surface area contributed by atoms with Crippen molar-refractivity contribution in [2.75, 3.05) is 0 Å². The molecule has 3 N–H and O–H groups in total. The Bertz CT molecular complexity index is 584. The van der Waals surface area contributed by atoms with Gasteiger partial charge in [0, 0.05) is 5.56 Å². The van der Waals surface area contributed by atoms with E-state index in [0.717, 1.165) is 0 Å².